The zero-order chi connectivity index (χ0) is 30.1. The van der Waals surface area contributed by atoms with E-state index in [2.05, 4.69) is 13.8 Å². The number of non-ortho nitro benzene ring substituents is 2. The van der Waals surface area contributed by atoms with E-state index in [1.165, 1.54) is 24.3 Å². The second-order valence-corrected chi connectivity index (χ2v) is 15.3. The summed E-state index contributed by atoms with van der Waals surface area (Å²) in [6.07, 6.45) is 1.72. The highest BCUT2D eigenvalue weighted by molar-refractivity contribution is 8.77. The molecule has 0 aromatic heterocycles. The fourth-order valence-corrected chi connectivity index (χ4v) is 7.38. The van der Waals surface area contributed by atoms with Gasteiger partial charge in [-0.25, -0.2) is 0 Å². The van der Waals surface area contributed by atoms with E-state index < -0.39 is 9.85 Å². The monoisotopic (exact) mass is 646 g/mol. The molecule has 0 spiro atoms. The minimum absolute atomic E-state index is 0.0503. The van der Waals surface area contributed by atoms with Gasteiger partial charge in [-0.15, -0.1) is 0 Å². The standard InChI is InChI=1S/C27H38N2O8S4/c1-26(2,13-17-38-41-20-16-35-24-9-5-22(6-10-24)28(30)31)36-21-34-15-19-40-39-18-14-27(3,4)37-25-11-7-23(8-12-25)29(32)33/h5-12H,13-21H2,1-4H3. The first-order valence-electron chi connectivity index (χ1n) is 13.0. The van der Waals surface area contributed by atoms with Crippen molar-refractivity contribution in [2.45, 2.75) is 51.7 Å². The van der Waals surface area contributed by atoms with Crippen LogP contribution in [0.15, 0.2) is 48.5 Å². The average molecular weight is 647 g/mol. The molecule has 41 heavy (non-hydrogen) atoms. The van der Waals surface area contributed by atoms with Gasteiger partial charge >= 0.3 is 0 Å². The Morgan fingerprint density at radius 1 is 0.659 bits per heavy atom. The SMILES string of the molecule is CC(C)(CCSSCCOc1ccc([N+](=O)[O-])cc1)OCOCCSSCCC(C)(C)Oc1ccc([N+](=O)[O-])cc1. The molecule has 2 rings (SSSR count). The molecule has 0 saturated heterocycles. The van der Waals surface area contributed by atoms with Crippen molar-refractivity contribution >= 4 is 54.6 Å². The summed E-state index contributed by atoms with van der Waals surface area (Å²) in [5, 5.41) is 21.5. The molecule has 10 nitrogen and oxygen atoms in total. The molecule has 228 valence electrons. The molecule has 2 aromatic carbocycles. The van der Waals surface area contributed by atoms with Gasteiger partial charge in [0.1, 0.15) is 23.9 Å². The number of rotatable bonds is 22. The van der Waals surface area contributed by atoms with E-state index in [0.29, 0.717) is 24.7 Å². The predicted octanol–water partition coefficient (Wildman–Crippen LogP) is 8.05. The van der Waals surface area contributed by atoms with Gasteiger partial charge in [-0.1, -0.05) is 43.2 Å². The molecule has 0 amide bonds. The van der Waals surface area contributed by atoms with Crippen molar-refractivity contribution in [1.29, 1.82) is 0 Å². The summed E-state index contributed by atoms with van der Waals surface area (Å²) in [6, 6.07) is 12.3. The van der Waals surface area contributed by atoms with Crippen LogP contribution in [0.4, 0.5) is 11.4 Å². The van der Waals surface area contributed by atoms with Crippen LogP contribution in [0.5, 0.6) is 11.5 Å². The Morgan fingerprint density at radius 2 is 1.12 bits per heavy atom. The number of benzene rings is 2. The molecular weight excluding hydrogens is 609 g/mol. The number of nitro groups is 2. The van der Waals surface area contributed by atoms with Gasteiger partial charge in [0.25, 0.3) is 11.4 Å². The minimum Gasteiger partial charge on any atom is -0.493 e. The third kappa shape index (κ3) is 15.8. The minimum atomic E-state index is -0.428. The summed E-state index contributed by atoms with van der Waals surface area (Å²) in [5.74, 6) is 4.76. The zero-order valence-electron chi connectivity index (χ0n) is 23.8. The fourth-order valence-electron chi connectivity index (χ4n) is 3.10. The van der Waals surface area contributed by atoms with E-state index in [4.69, 9.17) is 18.9 Å². The molecule has 0 fully saturated rings. The van der Waals surface area contributed by atoms with Crippen LogP contribution in [0.1, 0.15) is 40.5 Å². The Balaban J connectivity index is 1.43. The summed E-state index contributed by atoms with van der Waals surface area (Å²) in [5.41, 5.74) is -0.550. The molecule has 0 radical (unpaired) electrons. The van der Waals surface area contributed by atoms with E-state index >= 15 is 0 Å². The highest BCUT2D eigenvalue weighted by Gasteiger charge is 2.20. The van der Waals surface area contributed by atoms with Gasteiger partial charge in [0.05, 0.1) is 28.7 Å². The van der Waals surface area contributed by atoms with Crippen molar-refractivity contribution in [3.8, 4) is 11.5 Å². The maximum atomic E-state index is 10.8. The lowest BCUT2D eigenvalue weighted by atomic mass is 10.1. The lowest BCUT2D eigenvalue weighted by Crippen LogP contribution is -2.28. The average Bonchev–Trinajstić information content (AvgIpc) is 2.91. The van der Waals surface area contributed by atoms with Gasteiger partial charge in [-0.2, -0.15) is 0 Å². The predicted molar refractivity (Wildman–Crippen MR) is 171 cm³/mol. The number of hydrogen-bond donors (Lipinski definition) is 0. The van der Waals surface area contributed by atoms with Crippen LogP contribution < -0.4 is 9.47 Å². The molecule has 0 aliphatic carbocycles. The molecule has 0 heterocycles. The van der Waals surface area contributed by atoms with E-state index in [1.54, 1.807) is 67.4 Å². The fraction of sp³-hybridized carbons (Fsp3) is 0.556. The van der Waals surface area contributed by atoms with Gasteiger partial charge < -0.3 is 18.9 Å². The summed E-state index contributed by atoms with van der Waals surface area (Å²) < 4.78 is 23.2. The highest BCUT2D eigenvalue weighted by Crippen LogP contribution is 2.29. The van der Waals surface area contributed by atoms with Gasteiger partial charge in [-0.3, -0.25) is 20.2 Å². The first-order valence-corrected chi connectivity index (χ1v) is 18.0. The third-order valence-electron chi connectivity index (χ3n) is 5.51. The van der Waals surface area contributed by atoms with Crippen molar-refractivity contribution in [3.63, 3.8) is 0 Å². The molecule has 0 aliphatic rings. The van der Waals surface area contributed by atoms with Crippen LogP contribution >= 0.6 is 43.2 Å². The highest BCUT2D eigenvalue weighted by atomic mass is 33.1. The Morgan fingerprint density at radius 3 is 1.66 bits per heavy atom. The van der Waals surface area contributed by atoms with Gasteiger partial charge in [-0.05, 0) is 64.8 Å². The number of nitrogens with zero attached hydrogens (tertiary/aromatic N) is 2. The summed E-state index contributed by atoms with van der Waals surface area (Å²) in [7, 11) is 7.01. The van der Waals surface area contributed by atoms with Crippen LogP contribution in [0.3, 0.4) is 0 Å². The van der Waals surface area contributed by atoms with Crippen LogP contribution in [-0.2, 0) is 9.47 Å². The molecule has 2 aromatic rings. The molecule has 0 N–H and O–H groups in total. The van der Waals surface area contributed by atoms with Crippen molar-refractivity contribution in [2.75, 3.05) is 43.0 Å². The van der Waals surface area contributed by atoms with Crippen LogP contribution in [0.25, 0.3) is 0 Å². The Kier molecular flexibility index (Phi) is 16.1. The molecule has 14 heteroatoms. The van der Waals surface area contributed by atoms with Gasteiger partial charge in [0.2, 0.25) is 0 Å². The third-order valence-corrected chi connectivity index (χ3v) is 10.3. The van der Waals surface area contributed by atoms with Crippen LogP contribution in [0, 0.1) is 20.2 Å². The quantitative estimate of drug-likeness (QED) is 0.0404. The molecular formula is C27H38N2O8S4. The first kappa shape index (κ1) is 35.4. The Bertz CT molecular complexity index is 1060. The summed E-state index contributed by atoms with van der Waals surface area (Å²) >= 11 is 0. The van der Waals surface area contributed by atoms with E-state index in [9.17, 15) is 20.2 Å². The van der Waals surface area contributed by atoms with Crippen molar-refractivity contribution in [3.05, 3.63) is 68.8 Å². The topological polar surface area (TPSA) is 123 Å². The molecule has 0 atom stereocenters. The molecule has 0 unspecified atom stereocenters. The Hall–Kier alpha value is -1.84. The number of nitro benzene ring substituents is 2. The smallest absolute Gasteiger partial charge is 0.269 e. The Labute approximate surface area is 257 Å². The zero-order valence-corrected chi connectivity index (χ0v) is 27.0. The second kappa shape index (κ2) is 18.6. The van der Waals surface area contributed by atoms with Crippen molar-refractivity contribution in [2.24, 2.45) is 0 Å². The summed E-state index contributed by atoms with van der Waals surface area (Å²) in [6.45, 7) is 9.54. The summed E-state index contributed by atoms with van der Waals surface area (Å²) in [4.78, 5) is 20.6. The lowest BCUT2D eigenvalue weighted by Gasteiger charge is -2.26. The second-order valence-electron chi connectivity index (χ2n) is 9.93. The van der Waals surface area contributed by atoms with Crippen LogP contribution in [0.2, 0.25) is 0 Å². The maximum Gasteiger partial charge on any atom is 0.269 e. The van der Waals surface area contributed by atoms with Gasteiger partial charge in [0, 0.05) is 47.3 Å². The maximum absolute atomic E-state index is 10.8. The number of ether oxygens (including phenoxy) is 4. The lowest BCUT2D eigenvalue weighted by molar-refractivity contribution is -0.385. The van der Waals surface area contributed by atoms with E-state index in [0.717, 1.165) is 35.9 Å². The van der Waals surface area contributed by atoms with Crippen molar-refractivity contribution < 1.29 is 28.8 Å². The van der Waals surface area contributed by atoms with Gasteiger partial charge in [0.15, 0.2) is 0 Å². The number of hydrogen-bond acceptors (Lipinski definition) is 12. The largest absolute Gasteiger partial charge is 0.493 e. The normalized spacial score (nSPS) is 11.8. The first-order chi connectivity index (χ1) is 19.5. The molecule has 0 bridgehead atoms. The van der Waals surface area contributed by atoms with Crippen molar-refractivity contribution in [1.82, 2.24) is 0 Å². The van der Waals surface area contributed by atoms with E-state index in [1.807, 2.05) is 13.8 Å². The molecule has 0 saturated carbocycles. The van der Waals surface area contributed by atoms with E-state index in [-0.39, 0.29) is 29.4 Å². The van der Waals surface area contributed by atoms with Crippen LogP contribution in [-0.4, -0.2) is 64.1 Å². The molecule has 0 aliphatic heterocycles.